The monoisotopic (exact) mass is 661 g/mol. The summed E-state index contributed by atoms with van der Waals surface area (Å²) in [6.45, 7) is 7.37. The molecule has 0 saturated carbocycles. The largest absolute Gasteiger partial charge is 0.495 e. The first-order valence-corrected chi connectivity index (χ1v) is 15.8. The van der Waals surface area contributed by atoms with Crippen molar-refractivity contribution in [3.8, 4) is 5.75 Å². The van der Waals surface area contributed by atoms with Crippen molar-refractivity contribution in [2.24, 2.45) is 0 Å². The fourth-order valence-electron chi connectivity index (χ4n) is 5.94. The number of hydrogen-bond donors (Lipinski definition) is 2. The number of alkyl carbamates (subject to hydrolysis) is 1. The lowest BCUT2D eigenvalue weighted by atomic mass is 9.89. The predicted octanol–water partition coefficient (Wildman–Crippen LogP) is 3.14. The second-order valence-corrected chi connectivity index (χ2v) is 12.9. The standard InChI is InChI=1S/C32H45BClN3O9/c1-18-10-9-11-24(43-8)32(41)17-21(44-30(40)35-32)15-26-31(3,46-26)25(45-29(39)19(2)37(6)33-4)16-27(38)36(5)22-13-20(12-18)14-23(42-7)28(22)34/h9-11,13-14,19,21,24-26,33,41H,12,15-17H2,1-8H3,(H,35,40)/b11-9+,18-10+/t19-,21+,24+,25-,26-,31-,32-/m0/s1. The molecule has 2 amide bonds. The van der Waals surface area contributed by atoms with Gasteiger partial charge in [0.25, 0.3) is 0 Å². The first kappa shape index (κ1) is 35.8. The Kier molecular flexibility index (Phi) is 11.2. The SMILES string of the molecule is CBN(C)[C@@H](C)C(=O)O[C@H]1CC(=O)N(C)c2cc(cc(OC)c2Cl)C/C(C)=C/C=C/[C@@H](OC)[C@@]2(O)C[C@@H](C[C@@H]3O[C@@]13C)OC(=O)N2. The molecule has 252 valence electrons. The number of nitrogens with one attached hydrogen (secondary N) is 1. The Balaban J connectivity index is 1.76. The zero-order valence-electron chi connectivity index (χ0n) is 27.8. The molecule has 4 bridgehead atoms. The maximum absolute atomic E-state index is 13.9. The van der Waals surface area contributed by atoms with E-state index >= 15 is 0 Å². The number of carbonyl (C=O) groups excluding carboxylic acids is 3. The second kappa shape index (κ2) is 14.3. The highest BCUT2D eigenvalue weighted by Gasteiger charge is 2.61. The fraction of sp³-hybridized carbons (Fsp3) is 0.594. The van der Waals surface area contributed by atoms with Gasteiger partial charge in [-0.15, -0.1) is 0 Å². The summed E-state index contributed by atoms with van der Waals surface area (Å²) in [4.78, 5) is 43.0. The van der Waals surface area contributed by atoms with Crippen molar-refractivity contribution in [1.82, 2.24) is 10.1 Å². The van der Waals surface area contributed by atoms with E-state index in [1.807, 2.05) is 43.8 Å². The van der Waals surface area contributed by atoms with Gasteiger partial charge in [0.1, 0.15) is 34.7 Å². The summed E-state index contributed by atoms with van der Waals surface area (Å²) in [6, 6.07) is 3.07. The molecular formula is C32H45BClN3O9. The zero-order chi connectivity index (χ0) is 34.0. The average molecular weight is 662 g/mol. The first-order valence-electron chi connectivity index (χ1n) is 15.4. The molecule has 3 heterocycles. The second-order valence-electron chi connectivity index (χ2n) is 12.5. The number of anilines is 1. The average Bonchev–Trinajstić information content (AvgIpc) is 3.66. The lowest BCUT2D eigenvalue weighted by molar-refractivity contribution is -0.157. The van der Waals surface area contributed by atoms with E-state index in [0.29, 0.717) is 25.3 Å². The predicted molar refractivity (Wildman–Crippen MR) is 174 cm³/mol. The number of benzene rings is 1. The summed E-state index contributed by atoms with van der Waals surface area (Å²) in [5, 5.41) is 14.3. The van der Waals surface area contributed by atoms with E-state index in [9.17, 15) is 19.5 Å². The third kappa shape index (κ3) is 7.71. The van der Waals surface area contributed by atoms with Crippen LogP contribution in [0, 0.1) is 0 Å². The molecule has 12 nitrogen and oxygen atoms in total. The van der Waals surface area contributed by atoms with Gasteiger partial charge in [0.15, 0.2) is 5.72 Å². The molecule has 0 spiro atoms. The van der Waals surface area contributed by atoms with Gasteiger partial charge in [0.05, 0.1) is 31.4 Å². The number of carbonyl (C=O) groups is 3. The summed E-state index contributed by atoms with van der Waals surface area (Å²) in [7, 11) is 6.99. The molecule has 46 heavy (non-hydrogen) atoms. The normalized spacial score (nSPS) is 32.7. The van der Waals surface area contributed by atoms with Crippen LogP contribution in [0.2, 0.25) is 11.8 Å². The van der Waals surface area contributed by atoms with Crippen molar-refractivity contribution in [2.75, 3.05) is 33.2 Å². The third-order valence-electron chi connectivity index (χ3n) is 9.25. The lowest BCUT2D eigenvalue weighted by Crippen LogP contribution is -2.62. The summed E-state index contributed by atoms with van der Waals surface area (Å²) in [6.07, 6.45) is 1.84. The van der Waals surface area contributed by atoms with Gasteiger partial charge in [0, 0.05) is 27.0 Å². The van der Waals surface area contributed by atoms with Crippen LogP contribution in [0.1, 0.15) is 45.6 Å². The number of fused-ring (bicyclic) bond motifs is 5. The Morgan fingerprint density at radius 2 is 2.02 bits per heavy atom. The van der Waals surface area contributed by atoms with Crippen LogP contribution in [0.15, 0.2) is 35.9 Å². The Morgan fingerprint density at radius 1 is 1.30 bits per heavy atom. The molecule has 1 aromatic rings. The molecule has 0 aromatic heterocycles. The first-order chi connectivity index (χ1) is 21.6. The van der Waals surface area contributed by atoms with E-state index in [1.54, 1.807) is 33.0 Å². The minimum Gasteiger partial charge on any atom is -0.495 e. The number of aliphatic hydroxyl groups is 1. The number of amides is 2. The number of likely N-dealkylation sites (N-methyl/N-ethyl adjacent to an activating group) is 1. The molecule has 2 fully saturated rings. The summed E-state index contributed by atoms with van der Waals surface area (Å²) in [5.74, 6) is -0.450. The Labute approximate surface area is 276 Å². The molecule has 2 N–H and O–H groups in total. The quantitative estimate of drug-likeness (QED) is 0.266. The maximum Gasteiger partial charge on any atom is 0.409 e. The molecule has 2 saturated heterocycles. The summed E-state index contributed by atoms with van der Waals surface area (Å²) < 4.78 is 28.8. The van der Waals surface area contributed by atoms with E-state index in [-0.39, 0.29) is 30.2 Å². The Hall–Kier alpha value is -3.10. The minimum atomic E-state index is -1.76. The van der Waals surface area contributed by atoms with Gasteiger partial charge < -0.3 is 38.5 Å². The number of allylic oxidation sites excluding steroid dienone is 3. The van der Waals surface area contributed by atoms with Gasteiger partial charge in [-0.3, -0.25) is 14.9 Å². The number of nitrogens with zero attached hydrogens (tertiary/aromatic N) is 2. The molecule has 1 aromatic carbocycles. The van der Waals surface area contributed by atoms with E-state index in [4.69, 9.17) is 35.3 Å². The molecule has 3 aliphatic heterocycles. The fourth-order valence-corrected chi connectivity index (χ4v) is 6.26. The highest BCUT2D eigenvalue weighted by atomic mass is 35.5. The zero-order valence-corrected chi connectivity index (χ0v) is 28.6. The summed E-state index contributed by atoms with van der Waals surface area (Å²) >= 11 is 6.71. The van der Waals surface area contributed by atoms with Gasteiger partial charge in [-0.2, -0.15) is 0 Å². The van der Waals surface area contributed by atoms with Crippen LogP contribution in [0.4, 0.5) is 10.5 Å². The van der Waals surface area contributed by atoms with Gasteiger partial charge in [-0.25, -0.2) is 4.79 Å². The minimum absolute atomic E-state index is 0.00873. The van der Waals surface area contributed by atoms with E-state index in [2.05, 4.69) is 5.32 Å². The molecule has 0 unspecified atom stereocenters. The highest BCUT2D eigenvalue weighted by molar-refractivity contribution is 6.35. The lowest BCUT2D eigenvalue weighted by Gasteiger charge is -2.40. The molecule has 3 aliphatic rings. The van der Waals surface area contributed by atoms with Crippen LogP contribution in [0.3, 0.4) is 0 Å². The van der Waals surface area contributed by atoms with E-state index in [1.165, 1.54) is 19.1 Å². The highest BCUT2D eigenvalue weighted by Crippen LogP contribution is 2.46. The summed E-state index contributed by atoms with van der Waals surface area (Å²) in [5.41, 5.74) is -0.588. The number of rotatable bonds is 6. The number of hydrogen-bond acceptors (Lipinski definition) is 10. The van der Waals surface area contributed by atoms with Gasteiger partial charge >= 0.3 is 12.1 Å². The topological polar surface area (TPSA) is 139 Å². The molecule has 0 aliphatic carbocycles. The van der Waals surface area contributed by atoms with Gasteiger partial charge in [-0.1, -0.05) is 42.2 Å². The molecule has 14 heteroatoms. The molecule has 4 rings (SSSR count). The number of ether oxygens (including phenoxy) is 5. The smallest absolute Gasteiger partial charge is 0.409 e. The van der Waals surface area contributed by atoms with E-state index < -0.39 is 53.8 Å². The Morgan fingerprint density at radius 3 is 2.67 bits per heavy atom. The van der Waals surface area contributed by atoms with Crippen molar-refractivity contribution in [2.45, 2.75) is 95.1 Å². The number of halogens is 1. The molecule has 0 radical (unpaired) electrons. The third-order valence-corrected chi connectivity index (χ3v) is 9.63. The molecular weight excluding hydrogens is 617 g/mol. The Bertz CT molecular complexity index is 1390. The van der Waals surface area contributed by atoms with Crippen LogP contribution >= 0.6 is 11.6 Å². The maximum atomic E-state index is 13.9. The van der Waals surface area contributed by atoms with Crippen LogP contribution in [-0.2, 0) is 35.0 Å². The number of epoxide rings is 1. The van der Waals surface area contributed by atoms with Crippen LogP contribution in [0.25, 0.3) is 0 Å². The molecule has 7 atom stereocenters. The van der Waals surface area contributed by atoms with Gasteiger partial charge in [0.2, 0.25) is 13.3 Å². The van der Waals surface area contributed by atoms with Crippen molar-refractivity contribution in [3.05, 3.63) is 46.5 Å². The van der Waals surface area contributed by atoms with Gasteiger partial charge in [-0.05, 0) is 51.9 Å². The van der Waals surface area contributed by atoms with Crippen molar-refractivity contribution < 1.29 is 43.2 Å². The van der Waals surface area contributed by atoms with E-state index in [0.717, 1.165) is 11.1 Å². The van der Waals surface area contributed by atoms with Crippen LogP contribution in [0.5, 0.6) is 5.75 Å². The van der Waals surface area contributed by atoms with Crippen molar-refractivity contribution in [1.29, 1.82) is 0 Å². The number of methoxy groups -OCH3 is 2. The van der Waals surface area contributed by atoms with Crippen LogP contribution in [-0.4, -0.2) is 105 Å². The number of esters is 1. The van der Waals surface area contributed by atoms with Crippen LogP contribution < -0.4 is 15.0 Å². The van der Waals surface area contributed by atoms with Crippen molar-refractivity contribution in [3.63, 3.8) is 0 Å². The van der Waals surface area contributed by atoms with Crippen molar-refractivity contribution >= 4 is 42.7 Å².